The number of ether oxygens (including phenoxy) is 2. The monoisotopic (exact) mass is 448 g/mol. The first-order valence-electron chi connectivity index (χ1n) is 10.2. The van der Waals surface area contributed by atoms with Gasteiger partial charge in [0.25, 0.3) is 5.91 Å². The molecule has 0 heterocycles. The van der Waals surface area contributed by atoms with Crippen LogP contribution in [0.4, 0.5) is 0 Å². The minimum absolute atomic E-state index is 0.00414. The summed E-state index contributed by atoms with van der Waals surface area (Å²) in [4.78, 5) is 12.5. The van der Waals surface area contributed by atoms with Crippen LogP contribution in [0.5, 0.6) is 11.5 Å². The molecule has 0 fully saturated rings. The molecule has 0 spiro atoms. The van der Waals surface area contributed by atoms with Gasteiger partial charge in [0.1, 0.15) is 11.5 Å². The van der Waals surface area contributed by atoms with E-state index in [0.717, 1.165) is 5.56 Å². The van der Waals surface area contributed by atoms with Crippen LogP contribution in [0.2, 0.25) is 0 Å². The van der Waals surface area contributed by atoms with Crippen molar-refractivity contribution in [2.45, 2.75) is 51.1 Å². The first-order valence-corrected chi connectivity index (χ1v) is 11.7. The molecule has 7 nitrogen and oxygen atoms in total. The maximum Gasteiger partial charge on any atom is 0.255 e. The van der Waals surface area contributed by atoms with Gasteiger partial charge in [0.15, 0.2) is 0 Å². The molecule has 0 saturated heterocycles. The molecular weight excluding hydrogens is 416 g/mol. The van der Waals surface area contributed by atoms with E-state index in [4.69, 9.17) is 9.47 Å². The van der Waals surface area contributed by atoms with E-state index < -0.39 is 22.0 Å². The zero-order valence-electron chi connectivity index (χ0n) is 18.9. The predicted molar refractivity (Wildman–Crippen MR) is 121 cm³/mol. The number of hydrogen-bond acceptors (Lipinski definition) is 5. The highest BCUT2D eigenvalue weighted by Crippen LogP contribution is 2.28. The molecule has 0 radical (unpaired) electrons. The Morgan fingerprint density at radius 2 is 1.61 bits per heavy atom. The van der Waals surface area contributed by atoms with E-state index in [1.165, 1.54) is 25.3 Å². The van der Waals surface area contributed by atoms with Crippen LogP contribution >= 0.6 is 0 Å². The number of benzene rings is 2. The van der Waals surface area contributed by atoms with Crippen molar-refractivity contribution in [2.75, 3.05) is 14.2 Å². The summed E-state index contributed by atoms with van der Waals surface area (Å²) in [6.07, 6.45) is 0.613. The molecule has 0 bridgehead atoms. The minimum Gasteiger partial charge on any atom is -0.497 e. The summed E-state index contributed by atoms with van der Waals surface area (Å²) < 4.78 is 39.7. The van der Waals surface area contributed by atoms with Crippen molar-refractivity contribution in [3.05, 3.63) is 53.6 Å². The molecule has 1 amide bonds. The first-order chi connectivity index (χ1) is 14.6. The Bertz CT molecular complexity index is 986. The van der Waals surface area contributed by atoms with Crippen LogP contribution in [0.3, 0.4) is 0 Å². The van der Waals surface area contributed by atoms with Crippen molar-refractivity contribution in [3.63, 3.8) is 0 Å². The van der Waals surface area contributed by atoms with Gasteiger partial charge < -0.3 is 14.8 Å². The average Bonchev–Trinajstić information content (AvgIpc) is 2.71. The predicted octanol–water partition coefficient (Wildman–Crippen LogP) is 3.91. The molecule has 0 unspecified atom stereocenters. The van der Waals surface area contributed by atoms with Gasteiger partial charge in [0.05, 0.1) is 24.7 Å². The number of hydrogen-bond donors (Lipinski definition) is 2. The Kier molecular flexibility index (Phi) is 8.47. The van der Waals surface area contributed by atoms with Crippen molar-refractivity contribution in [1.29, 1.82) is 0 Å². The third kappa shape index (κ3) is 6.70. The smallest absolute Gasteiger partial charge is 0.255 e. The lowest BCUT2D eigenvalue weighted by Crippen LogP contribution is -2.32. The zero-order chi connectivity index (χ0) is 23.2. The second kappa shape index (κ2) is 10.6. The minimum atomic E-state index is -3.90. The van der Waals surface area contributed by atoms with E-state index >= 15 is 0 Å². The van der Waals surface area contributed by atoms with Crippen LogP contribution in [0.25, 0.3) is 0 Å². The average molecular weight is 449 g/mol. The molecular formula is C23H32N2O5S. The Morgan fingerprint density at radius 3 is 2.13 bits per heavy atom. The normalized spacial score (nSPS) is 12.6. The molecule has 31 heavy (non-hydrogen) atoms. The molecule has 2 aromatic carbocycles. The third-order valence-corrected chi connectivity index (χ3v) is 6.14. The summed E-state index contributed by atoms with van der Waals surface area (Å²) in [6.45, 7) is 7.73. The summed E-state index contributed by atoms with van der Waals surface area (Å²) in [7, 11) is -0.871. The molecule has 2 N–H and O–H groups in total. The van der Waals surface area contributed by atoms with Gasteiger partial charge in [0, 0.05) is 12.1 Å². The van der Waals surface area contributed by atoms with Crippen LogP contribution in [0, 0.1) is 5.92 Å². The molecule has 0 aliphatic heterocycles. The third-order valence-electron chi connectivity index (χ3n) is 4.67. The maximum atomic E-state index is 13.2. The zero-order valence-corrected chi connectivity index (χ0v) is 19.7. The number of amides is 1. The molecule has 2 rings (SSSR count). The first kappa shape index (κ1) is 24.7. The quantitative estimate of drug-likeness (QED) is 0.575. The van der Waals surface area contributed by atoms with Gasteiger partial charge in [-0.2, -0.15) is 0 Å². The second-order valence-electron chi connectivity index (χ2n) is 8.07. The van der Waals surface area contributed by atoms with Gasteiger partial charge in [-0.15, -0.1) is 0 Å². The lowest BCUT2D eigenvalue weighted by Gasteiger charge is -2.22. The van der Waals surface area contributed by atoms with Gasteiger partial charge in [-0.1, -0.05) is 26.0 Å². The fourth-order valence-corrected chi connectivity index (χ4v) is 4.45. The highest BCUT2D eigenvalue weighted by molar-refractivity contribution is 7.89. The Morgan fingerprint density at radius 1 is 0.968 bits per heavy atom. The van der Waals surface area contributed by atoms with Crippen LogP contribution in [-0.4, -0.2) is 34.6 Å². The van der Waals surface area contributed by atoms with Crippen molar-refractivity contribution in [1.82, 2.24) is 10.0 Å². The number of methoxy groups -OCH3 is 2. The summed E-state index contributed by atoms with van der Waals surface area (Å²) in [5.74, 6) is 0.882. The van der Waals surface area contributed by atoms with Crippen molar-refractivity contribution in [3.8, 4) is 11.5 Å². The van der Waals surface area contributed by atoms with E-state index in [0.29, 0.717) is 17.9 Å². The van der Waals surface area contributed by atoms with Crippen molar-refractivity contribution >= 4 is 15.9 Å². The Balaban J connectivity index is 2.39. The fraction of sp³-hybridized carbons (Fsp3) is 0.435. The summed E-state index contributed by atoms with van der Waals surface area (Å²) >= 11 is 0. The summed E-state index contributed by atoms with van der Waals surface area (Å²) in [6, 6.07) is 11.1. The molecule has 2 aromatic rings. The number of carbonyl (C=O) groups is 1. The standard InChI is InChI=1S/C23H32N2O5S/c1-15(2)13-21(17-7-9-18(29-5)10-8-17)25-31(27,28)19-11-12-22(30-6)20(14-19)23(26)24-16(3)4/h7-12,14-16,21,25H,13H2,1-6H3,(H,24,26)/t21-/m0/s1. The SMILES string of the molecule is COc1ccc([C@H](CC(C)C)NS(=O)(=O)c2ccc(OC)c(C(=O)NC(C)C)c2)cc1. The second-order valence-corrected chi connectivity index (χ2v) is 9.78. The van der Waals surface area contributed by atoms with Gasteiger partial charge in [0.2, 0.25) is 10.0 Å². The molecule has 0 saturated carbocycles. The number of carbonyl (C=O) groups excluding carboxylic acids is 1. The van der Waals surface area contributed by atoms with E-state index in [1.54, 1.807) is 19.2 Å². The number of nitrogens with one attached hydrogen (secondary N) is 2. The van der Waals surface area contributed by atoms with E-state index in [-0.39, 0.29) is 22.4 Å². The summed E-state index contributed by atoms with van der Waals surface area (Å²) in [5.41, 5.74) is 1.01. The molecule has 0 aliphatic rings. The van der Waals surface area contributed by atoms with Crippen LogP contribution in [-0.2, 0) is 10.0 Å². The van der Waals surface area contributed by atoms with E-state index in [9.17, 15) is 13.2 Å². The van der Waals surface area contributed by atoms with Gasteiger partial charge in [-0.3, -0.25) is 4.79 Å². The largest absolute Gasteiger partial charge is 0.497 e. The Labute approximate surface area is 185 Å². The summed E-state index contributed by atoms with van der Waals surface area (Å²) in [5, 5.41) is 2.77. The lowest BCUT2D eigenvalue weighted by atomic mass is 9.98. The molecule has 8 heteroatoms. The van der Waals surface area contributed by atoms with Crippen LogP contribution in [0.15, 0.2) is 47.4 Å². The van der Waals surface area contributed by atoms with Crippen LogP contribution < -0.4 is 19.5 Å². The molecule has 0 aromatic heterocycles. The van der Waals surface area contributed by atoms with Gasteiger partial charge in [-0.05, 0) is 62.1 Å². The molecule has 0 aliphatic carbocycles. The topological polar surface area (TPSA) is 93.7 Å². The lowest BCUT2D eigenvalue weighted by molar-refractivity contribution is 0.0940. The maximum absolute atomic E-state index is 13.2. The van der Waals surface area contributed by atoms with Crippen molar-refractivity contribution < 1.29 is 22.7 Å². The van der Waals surface area contributed by atoms with Gasteiger partial charge in [-0.25, -0.2) is 13.1 Å². The number of rotatable bonds is 10. The highest BCUT2D eigenvalue weighted by atomic mass is 32.2. The fourth-order valence-electron chi connectivity index (χ4n) is 3.19. The van der Waals surface area contributed by atoms with Gasteiger partial charge >= 0.3 is 0 Å². The van der Waals surface area contributed by atoms with Crippen molar-refractivity contribution in [2.24, 2.45) is 5.92 Å². The number of sulfonamides is 1. The van der Waals surface area contributed by atoms with Crippen LogP contribution in [0.1, 0.15) is 56.1 Å². The van der Waals surface area contributed by atoms with E-state index in [2.05, 4.69) is 10.0 Å². The highest BCUT2D eigenvalue weighted by Gasteiger charge is 2.25. The molecule has 170 valence electrons. The van der Waals surface area contributed by atoms with E-state index in [1.807, 2.05) is 39.8 Å². The Hall–Kier alpha value is -2.58. The molecule has 1 atom stereocenters.